The number of aromatic nitrogens is 3. The van der Waals surface area contributed by atoms with Crippen LogP contribution in [0.15, 0.2) is 29.3 Å². The number of pyridine rings is 1. The number of hydrogen-bond acceptors (Lipinski definition) is 3. The molecule has 0 aliphatic heterocycles. The standard InChI is InChI=1S/C7H4BrN3/c8-6-2-1-5-3-9-4-10-7(5)11-6/h1-4H. The maximum absolute atomic E-state index is 4.14. The van der Waals surface area contributed by atoms with Gasteiger partial charge in [0.1, 0.15) is 10.9 Å². The number of hydrogen-bond donors (Lipinski definition) is 0. The van der Waals surface area contributed by atoms with Crippen molar-refractivity contribution in [2.45, 2.75) is 0 Å². The molecular formula is C7H4BrN3. The lowest BCUT2D eigenvalue weighted by atomic mass is 10.3. The van der Waals surface area contributed by atoms with Gasteiger partial charge in [0.15, 0.2) is 5.65 Å². The van der Waals surface area contributed by atoms with E-state index in [4.69, 9.17) is 0 Å². The summed E-state index contributed by atoms with van der Waals surface area (Å²) in [6.45, 7) is 0. The summed E-state index contributed by atoms with van der Waals surface area (Å²) in [6, 6.07) is 3.79. The summed E-state index contributed by atoms with van der Waals surface area (Å²) >= 11 is 3.26. The van der Waals surface area contributed by atoms with Crippen LogP contribution in [0.4, 0.5) is 0 Å². The molecule has 54 valence electrons. The molecule has 0 bridgehead atoms. The van der Waals surface area contributed by atoms with Crippen LogP contribution in [0.1, 0.15) is 0 Å². The minimum Gasteiger partial charge on any atom is -0.244 e. The zero-order chi connectivity index (χ0) is 7.68. The molecule has 2 rings (SSSR count). The van der Waals surface area contributed by atoms with Crippen molar-refractivity contribution in [1.82, 2.24) is 15.0 Å². The highest BCUT2D eigenvalue weighted by atomic mass is 79.9. The number of rotatable bonds is 0. The molecule has 0 atom stereocenters. The van der Waals surface area contributed by atoms with Gasteiger partial charge in [0.05, 0.1) is 0 Å². The van der Waals surface area contributed by atoms with Crippen molar-refractivity contribution in [2.75, 3.05) is 0 Å². The van der Waals surface area contributed by atoms with Gasteiger partial charge in [0.25, 0.3) is 0 Å². The van der Waals surface area contributed by atoms with Gasteiger partial charge in [-0.05, 0) is 28.1 Å². The fourth-order valence-corrected chi connectivity index (χ4v) is 1.14. The van der Waals surface area contributed by atoms with Crippen LogP contribution in [0.25, 0.3) is 11.0 Å². The van der Waals surface area contributed by atoms with E-state index in [1.54, 1.807) is 6.20 Å². The molecule has 0 aliphatic rings. The number of fused-ring (bicyclic) bond motifs is 1. The highest BCUT2D eigenvalue weighted by molar-refractivity contribution is 9.10. The molecule has 0 N–H and O–H groups in total. The average molecular weight is 210 g/mol. The molecule has 0 aromatic carbocycles. The Bertz CT molecular complexity index is 388. The van der Waals surface area contributed by atoms with Crippen molar-refractivity contribution in [2.24, 2.45) is 0 Å². The average Bonchev–Trinajstić information content (AvgIpc) is 2.04. The lowest BCUT2D eigenvalue weighted by Crippen LogP contribution is -1.84. The molecule has 0 aliphatic carbocycles. The maximum atomic E-state index is 4.14. The lowest BCUT2D eigenvalue weighted by molar-refractivity contribution is 1.17. The van der Waals surface area contributed by atoms with E-state index in [1.807, 2.05) is 12.1 Å². The fraction of sp³-hybridized carbons (Fsp3) is 0. The first kappa shape index (κ1) is 6.67. The van der Waals surface area contributed by atoms with E-state index in [0.717, 1.165) is 15.6 Å². The first-order valence-corrected chi connectivity index (χ1v) is 3.88. The number of halogens is 1. The van der Waals surface area contributed by atoms with Crippen LogP contribution in [-0.4, -0.2) is 15.0 Å². The molecule has 0 saturated heterocycles. The third-order valence-electron chi connectivity index (χ3n) is 1.33. The summed E-state index contributed by atoms with van der Waals surface area (Å²) in [5, 5.41) is 0.954. The first-order chi connectivity index (χ1) is 5.36. The van der Waals surface area contributed by atoms with E-state index >= 15 is 0 Å². The highest BCUT2D eigenvalue weighted by Gasteiger charge is 1.94. The molecule has 0 unspecified atom stereocenters. The molecule has 2 aromatic rings. The molecule has 11 heavy (non-hydrogen) atoms. The Balaban J connectivity index is 2.83. The third-order valence-corrected chi connectivity index (χ3v) is 1.77. The van der Waals surface area contributed by atoms with E-state index < -0.39 is 0 Å². The molecule has 2 heterocycles. The van der Waals surface area contributed by atoms with Crippen molar-refractivity contribution in [3.05, 3.63) is 29.3 Å². The summed E-state index contributed by atoms with van der Waals surface area (Å²) < 4.78 is 0.795. The van der Waals surface area contributed by atoms with Crippen LogP contribution in [0.3, 0.4) is 0 Å². The molecule has 0 spiro atoms. The van der Waals surface area contributed by atoms with Gasteiger partial charge in [-0.3, -0.25) is 0 Å². The van der Waals surface area contributed by atoms with Crippen LogP contribution in [0.5, 0.6) is 0 Å². The van der Waals surface area contributed by atoms with Crippen molar-refractivity contribution < 1.29 is 0 Å². The SMILES string of the molecule is Brc1ccc2cncnc2n1. The summed E-state index contributed by atoms with van der Waals surface area (Å²) in [7, 11) is 0. The predicted molar refractivity (Wildman–Crippen MR) is 45.0 cm³/mol. The molecule has 0 fully saturated rings. The summed E-state index contributed by atoms with van der Waals surface area (Å²) in [6.07, 6.45) is 3.23. The summed E-state index contributed by atoms with van der Waals surface area (Å²) in [4.78, 5) is 12.0. The lowest BCUT2D eigenvalue weighted by Gasteiger charge is -1.93. The van der Waals surface area contributed by atoms with E-state index in [9.17, 15) is 0 Å². The second-order valence-corrected chi connectivity index (χ2v) is 2.88. The zero-order valence-corrected chi connectivity index (χ0v) is 7.12. The van der Waals surface area contributed by atoms with E-state index in [1.165, 1.54) is 6.33 Å². The van der Waals surface area contributed by atoms with Gasteiger partial charge in [0.2, 0.25) is 0 Å². The zero-order valence-electron chi connectivity index (χ0n) is 5.53. The van der Waals surface area contributed by atoms with Crippen LogP contribution in [-0.2, 0) is 0 Å². The van der Waals surface area contributed by atoms with Crippen molar-refractivity contribution in [3.8, 4) is 0 Å². The van der Waals surface area contributed by atoms with E-state index in [2.05, 4.69) is 30.9 Å². The molecular weight excluding hydrogens is 206 g/mol. The van der Waals surface area contributed by atoms with Gasteiger partial charge in [-0.15, -0.1) is 0 Å². The second kappa shape index (κ2) is 2.54. The Morgan fingerprint density at radius 3 is 3.09 bits per heavy atom. The molecule has 0 saturated carbocycles. The molecule has 4 heteroatoms. The Morgan fingerprint density at radius 2 is 2.18 bits per heavy atom. The minimum atomic E-state index is 0.717. The van der Waals surface area contributed by atoms with E-state index in [0.29, 0.717) is 0 Å². The predicted octanol–water partition coefficient (Wildman–Crippen LogP) is 1.79. The summed E-state index contributed by atoms with van der Waals surface area (Å²) in [5.74, 6) is 0. The van der Waals surface area contributed by atoms with Gasteiger partial charge in [0, 0.05) is 11.6 Å². The Hall–Kier alpha value is -1.03. The third kappa shape index (κ3) is 1.21. The van der Waals surface area contributed by atoms with Crippen molar-refractivity contribution in [3.63, 3.8) is 0 Å². The van der Waals surface area contributed by atoms with Gasteiger partial charge in [-0.25, -0.2) is 15.0 Å². The van der Waals surface area contributed by atoms with Crippen LogP contribution >= 0.6 is 15.9 Å². The van der Waals surface area contributed by atoms with Crippen LogP contribution in [0.2, 0.25) is 0 Å². The second-order valence-electron chi connectivity index (χ2n) is 2.07. The summed E-state index contributed by atoms with van der Waals surface area (Å²) in [5.41, 5.74) is 0.717. The van der Waals surface area contributed by atoms with E-state index in [-0.39, 0.29) is 0 Å². The normalized spacial score (nSPS) is 10.3. The van der Waals surface area contributed by atoms with Crippen molar-refractivity contribution in [1.29, 1.82) is 0 Å². The van der Waals surface area contributed by atoms with Gasteiger partial charge >= 0.3 is 0 Å². The van der Waals surface area contributed by atoms with Crippen LogP contribution in [0, 0.1) is 0 Å². The Labute approximate surface area is 71.6 Å². The Morgan fingerprint density at radius 1 is 1.27 bits per heavy atom. The largest absolute Gasteiger partial charge is 0.244 e. The smallest absolute Gasteiger partial charge is 0.163 e. The first-order valence-electron chi connectivity index (χ1n) is 3.08. The molecule has 0 amide bonds. The van der Waals surface area contributed by atoms with Crippen LogP contribution < -0.4 is 0 Å². The van der Waals surface area contributed by atoms with Crippen molar-refractivity contribution >= 4 is 27.0 Å². The Kier molecular flexibility index (Phi) is 1.54. The topological polar surface area (TPSA) is 38.7 Å². The number of nitrogens with zero attached hydrogens (tertiary/aromatic N) is 3. The molecule has 0 radical (unpaired) electrons. The monoisotopic (exact) mass is 209 g/mol. The maximum Gasteiger partial charge on any atom is 0.163 e. The highest BCUT2D eigenvalue weighted by Crippen LogP contribution is 2.11. The minimum absolute atomic E-state index is 0.717. The quantitative estimate of drug-likeness (QED) is 0.622. The fourth-order valence-electron chi connectivity index (χ4n) is 0.842. The molecule has 2 aromatic heterocycles. The van der Waals surface area contributed by atoms with Gasteiger partial charge in [-0.2, -0.15) is 0 Å². The molecule has 3 nitrogen and oxygen atoms in total. The van der Waals surface area contributed by atoms with Gasteiger partial charge < -0.3 is 0 Å². The van der Waals surface area contributed by atoms with Gasteiger partial charge in [-0.1, -0.05) is 0 Å².